The molecule has 1 heterocycles. The van der Waals surface area contributed by atoms with Gasteiger partial charge in [-0.05, 0) is 43.3 Å². The second-order valence-electron chi connectivity index (χ2n) is 6.02. The van der Waals surface area contributed by atoms with E-state index < -0.39 is 0 Å². The van der Waals surface area contributed by atoms with Crippen molar-refractivity contribution in [3.8, 4) is 17.6 Å². The van der Waals surface area contributed by atoms with Crippen molar-refractivity contribution in [1.29, 1.82) is 5.26 Å². The fraction of sp³-hybridized carbons (Fsp3) is 0.143. The molecule has 1 aromatic heterocycles. The van der Waals surface area contributed by atoms with Crippen LogP contribution in [0.15, 0.2) is 48.5 Å². The van der Waals surface area contributed by atoms with Gasteiger partial charge in [0.15, 0.2) is 11.5 Å². The molecular weight excluding hydrogens is 370 g/mol. The summed E-state index contributed by atoms with van der Waals surface area (Å²) < 4.78 is 10.5. The number of ether oxygens (including phenoxy) is 2. The monoisotopic (exact) mass is 389 g/mol. The normalized spacial score (nSPS) is 10.0. The molecule has 2 aromatic carbocycles. The zero-order valence-electron chi connectivity index (χ0n) is 16.2. The number of aromatic nitrogens is 2. The van der Waals surface area contributed by atoms with Crippen LogP contribution in [-0.4, -0.2) is 30.1 Å². The number of benzene rings is 2. The van der Waals surface area contributed by atoms with Gasteiger partial charge in [-0.25, -0.2) is 9.97 Å². The molecule has 0 spiro atoms. The molecule has 0 saturated carbocycles. The van der Waals surface area contributed by atoms with Gasteiger partial charge in [-0.3, -0.25) is 4.79 Å². The van der Waals surface area contributed by atoms with Crippen LogP contribution in [0.3, 0.4) is 0 Å². The summed E-state index contributed by atoms with van der Waals surface area (Å²) in [6.07, 6.45) is 0. The van der Waals surface area contributed by atoms with Crippen molar-refractivity contribution >= 4 is 23.1 Å². The molecule has 0 aliphatic heterocycles. The zero-order chi connectivity index (χ0) is 20.8. The maximum absolute atomic E-state index is 12.6. The number of amides is 1. The maximum atomic E-state index is 12.6. The van der Waals surface area contributed by atoms with Gasteiger partial charge in [-0.2, -0.15) is 5.26 Å². The Morgan fingerprint density at radius 1 is 0.966 bits per heavy atom. The highest BCUT2D eigenvalue weighted by Crippen LogP contribution is 2.30. The lowest BCUT2D eigenvalue weighted by Gasteiger charge is -2.12. The Kier molecular flexibility index (Phi) is 5.90. The molecule has 8 nitrogen and oxygen atoms in total. The highest BCUT2D eigenvalue weighted by molar-refractivity contribution is 6.03. The van der Waals surface area contributed by atoms with Crippen LogP contribution < -0.4 is 20.1 Å². The largest absolute Gasteiger partial charge is 0.493 e. The molecule has 3 rings (SSSR count). The minimum absolute atomic E-state index is 0.213. The minimum Gasteiger partial charge on any atom is -0.493 e. The number of hydrogen-bond donors (Lipinski definition) is 2. The van der Waals surface area contributed by atoms with Crippen LogP contribution in [0.2, 0.25) is 0 Å². The van der Waals surface area contributed by atoms with Gasteiger partial charge >= 0.3 is 0 Å². The van der Waals surface area contributed by atoms with Crippen LogP contribution in [-0.2, 0) is 0 Å². The molecule has 0 fully saturated rings. The van der Waals surface area contributed by atoms with Crippen molar-refractivity contribution < 1.29 is 14.3 Å². The zero-order valence-corrected chi connectivity index (χ0v) is 16.2. The van der Waals surface area contributed by atoms with Crippen molar-refractivity contribution in [2.75, 3.05) is 24.9 Å². The molecule has 0 aliphatic rings. The molecule has 0 aliphatic carbocycles. The topological polar surface area (TPSA) is 109 Å². The molecule has 0 saturated heterocycles. The van der Waals surface area contributed by atoms with Gasteiger partial charge in [-0.15, -0.1) is 0 Å². The Morgan fingerprint density at radius 2 is 1.66 bits per heavy atom. The Balaban J connectivity index is 1.80. The van der Waals surface area contributed by atoms with Gasteiger partial charge in [-0.1, -0.05) is 0 Å². The Labute approximate surface area is 168 Å². The van der Waals surface area contributed by atoms with E-state index in [4.69, 9.17) is 14.7 Å². The number of carbonyl (C=O) groups is 1. The van der Waals surface area contributed by atoms with Gasteiger partial charge in [0.1, 0.15) is 17.3 Å². The van der Waals surface area contributed by atoms with Gasteiger partial charge < -0.3 is 20.1 Å². The van der Waals surface area contributed by atoms with Crippen LogP contribution in [0.1, 0.15) is 21.9 Å². The van der Waals surface area contributed by atoms with Crippen LogP contribution in [0.25, 0.3) is 0 Å². The van der Waals surface area contributed by atoms with E-state index in [1.54, 1.807) is 63.6 Å². The van der Waals surface area contributed by atoms with Crippen LogP contribution in [0, 0.1) is 18.3 Å². The van der Waals surface area contributed by atoms with Gasteiger partial charge in [0, 0.05) is 23.5 Å². The van der Waals surface area contributed by atoms with Crippen LogP contribution >= 0.6 is 0 Å². The minimum atomic E-state index is -0.379. The van der Waals surface area contributed by atoms with E-state index in [-0.39, 0.29) is 11.6 Å². The number of carbonyl (C=O) groups excluding carboxylic acids is 1. The molecule has 0 bridgehead atoms. The first kappa shape index (κ1) is 19.6. The first-order valence-corrected chi connectivity index (χ1v) is 8.68. The van der Waals surface area contributed by atoms with E-state index >= 15 is 0 Å². The van der Waals surface area contributed by atoms with E-state index in [1.807, 2.05) is 12.1 Å². The molecule has 3 aromatic rings. The number of hydrogen-bond acceptors (Lipinski definition) is 7. The second-order valence-corrected chi connectivity index (χ2v) is 6.02. The van der Waals surface area contributed by atoms with E-state index in [0.29, 0.717) is 34.4 Å². The molecule has 8 heteroatoms. The molecule has 29 heavy (non-hydrogen) atoms. The summed E-state index contributed by atoms with van der Waals surface area (Å²) >= 11 is 0. The Morgan fingerprint density at radius 3 is 2.31 bits per heavy atom. The first-order chi connectivity index (χ1) is 14.0. The van der Waals surface area contributed by atoms with E-state index in [9.17, 15) is 4.79 Å². The van der Waals surface area contributed by atoms with Crippen molar-refractivity contribution in [2.45, 2.75) is 6.92 Å². The van der Waals surface area contributed by atoms with E-state index in [2.05, 4.69) is 20.6 Å². The molecule has 0 atom stereocenters. The number of rotatable bonds is 6. The third kappa shape index (κ3) is 4.78. The van der Waals surface area contributed by atoms with Crippen LogP contribution in [0.4, 0.5) is 17.2 Å². The van der Waals surface area contributed by atoms with Crippen molar-refractivity contribution in [3.63, 3.8) is 0 Å². The standard InChI is InChI=1S/C21H19N5O3/c1-13-23-17(21(27)26-15-6-4-14(12-22)5-7-15)11-20(24-13)25-16-8-9-18(28-2)19(10-16)29-3/h4-11H,1-3H3,(H,26,27)(H,23,24,25). The summed E-state index contributed by atoms with van der Waals surface area (Å²) in [5.74, 6) is 1.71. The molecule has 1 amide bonds. The van der Waals surface area contributed by atoms with Crippen molar-refractivity contribution in [1.82, 2.24) is 9.97 Å². The summed E-state index contributed by atoms with van der Waals surface area (Å²) in [4.78, 5) is 21.1. The lowest BCUT2D eigenvalue weighted by molar-refractivity contribution is 0.102. The summed E-state index contributed by atoms with van der Waals surface area (Å²) in [6, 6.07) is 15.5. The fourth-order valence-electron chi connectivity index (χ4n) is 2.63. The summed E-state index contributed by atoms with van der Waals surface area (Å²) in [6.45, 7) is 1.71. The summed E-state index contributed by atoms with van der Waals surface area (Å²) in [7, 11) is 3.12. The first-order valence-electron chi connectivity index (χ1n) is 8.68. The van der Waals surface area contributed by atoms with E-state index in [1.165, 1.54) is 0 Å². The van der Waals surface area contributed by atoms with Gasteiger partial charge in [0.05, 0.1) is 25.9 Å². The molecular formula is C21H19N5O3. The number of methoxy groups -OCH3 is 2. The molecule has 0 radical (unpaired) electrons. The summed E-state index contributed by atoms with van der Waals surface area (Å²) in [5.41, 5.74) is 2.02. The van der Waals surface area contributed by atoms with E-state index in [0.717, 1.165) is 5.69 Å². The highest BCUT2D eigenvalue weighted by Gasteiger charge is 2.12. The number of aryl methyl sites for hydroxylation is 1. The smallest absolute Gasteiger partial charge is 0.274 e. The molecule has 146 valence electrons. The van der Waals surface area contributed by atoms with Gasteiger partial charge in [0.2, 0.25) is 0 Å². The lowest BCUT2D eigenvalue weighted by atomic mass is 10.2. The quantitative estimate of drug-likeness (QED) is 0.662. The third-order valence-electron chi connectivity index (χ3n) is 4.00. The Bertz CT molecular complexity index is 1070. The predicted octanol–water partition coefficient (Wildman–Crippen LogP) is 3.67. The SMILES string of the molecule is COc1ccc(Nc2cc(C(=O)Nc3ccc(C#N)cc3)nc(C)n2)cc1OC. The molecule has 0 unspecified atom stereocenters. The lowest BCUT2D eigenvalue weighted by Crippen LogP contribution is -2.15. The fourth-order valence-corrected chi connectivity index (χ4v) is 2.63. The Hall–Kier alpha value is -4.12. The van der Waals surface area contributed by atoms with Crippen molar-refractivity contribution in [3.05, 3.63) is 65.6 Å². The van der Waals surface area contributed by atoms with Crippen molar-refractivity contribution in [2.24, 2.45) is 0 Å². The predicted molar refractivity (Wildman–Crippen MR) is 109 cm³/mol. The number of anilines is 3. The number of nitrogens with zero attached hydrogens (tertiary/aromatic N) is 3. The average molecular weight is 389 g/mol. The number of nitriles is 1. The summed E-state index contributed by atoms with van der Waals surface area (Å²) in [5, 5.41) is 14.8. The third-order valence-corrected chi connectivity index (χ3v) is 4.00. The maximum Gasteiger partial charge on any atom is 0.274 e. The average Bonchev–Trinajstić information content (AvgIpc) is 2.73. The molecule has 2 N–H and O–H groups in total. The number of nitrogens with one attached hydrogen (secondary N) is 2. The van der Waals surface area contributed by atoms with Crippen LogP contribution in [0.5, 0.6) is 11.5 Å². The highest BCUT2D eigenvalue weighted by atomic mass is 16.5. The second kappa shape index (κ2) is 8.71. The van der Waals surface area contributed by atoms with Gasteiger partial charge in [0.25, 0.3) is 5.91 Å².